The maximum absolute atomic E-state index is 13.1. The quantitative estimate of drug-likeness (QED) is 0.173. The molecule has 0 bridgehead atoms. The van der Waals surface area contributed by atoms with Gasteiger partial charge in [-0.15, -0.1) is 0 Å². The number of rotatable bonds is 5. The van der Waals surface area contributed by atoms with Crippen LogP contribution in [0.4, 0.5) is 0 Å². The van der Waals surface area contributed by atoms with Crippen LogP contribution in [0, 0.1) is 56.7 Å². The van der Waals surface area contributed by atoms with Crippen molar-refractivity contribution < 1.29 is 29.6 Å². The molecule has 4 saturated carbocycles. The molecule has 0 amide bonds. The van der Waals surface area contributed by atoms with Crippen molar-refractivity contribution in [1.29, 1.82) is 0 Å². The van der Waals surface area contributed by atoms with Crippen LogP contribution in [0.5, 0.6) is 11.5 Å². The molecule has 3 N–H and O–H groups in total. The predicted octanol–water partition coefficient (Wildman–Crippen LogP) is 7.95. The van der Waals surface area contributed by atoms with E-state index in [1.54, 1.807) is 24.3 Å². The van der Waals surface area contributed by atoms with E-state index in [2.05, 4.69) is 54.5 Å². The first-order chi connectivity index (χ1) is 21.6. The van der Waals surface area contributed by atoms with Gasteiger partial charge in [0.2, 0.25) is 0 Å². The lowest BCUT2D eigenvalue weighted by Crippen LogP contribution is -2.70. The molecule has 1 aromatic carbocycles. The first-order valence-electron chi connectivity index (χ1n) is 17.8. The van der Waals surface area contributed by atoms with Gasteiger partial charge in [0.1, 0.15) is 6.10 Å². The topological polar surface area (TPSA) is 96.2 Å². The van der Waals surface area contributed by atoms with E-state index in [-0.39, 0.29) is 46.1 Å². The van der Waals surface area contributed by atoms with E-state index < -0.39 is 11.5 Å². The van der Waals surface area contributed by atoms with Gasteiger partial charge in [-0.1, -0.05) is 59.3 Å². The Morgan fingerprint density at radius 2 is 1.76 bits per heavy atom. The van der Waals surface area contributed by atoms with Gasteiger partial charge in [-0.3, -0.25) is 0 Å². The Morgan fingerprint density at radius 1 is 1.02 bits per heavy atom. The Balaban J connectivity index is 1.23. The molecule has 5 aliphatic carbocycles. The molecule has 6 nitrogen and oxygen atoms in total. The third kappa shape index (κ3) is 4.66. The number of aliphatic hydroxyl groups is 2. The number of carbonyl (C=O) groups excluding carboxylic acids is 1. The average molecular weight is 635 g/mol. The van der Waals surface area contributed by atoms with Crippen LogP contribution in [0.15, 0.2) is 35.9 Å². The summed E-state index contributed by atoms with van der Waals surface area (Å²) in [6, 6.07) is 5.00. The fourth-order valence-electron chi connectivity index (χ4n) is 12.7. The molecule has 1 aromatic rings. The largest absolute Gasteiger partial charge is 0.504 e. The van der Waals surface area contributed by atoms with E-state index in [9.17, 15) is 20.1 Å². The van der Waals surface area contributed by atoms with Crippen molar-refractivity contribution >= 4 is 12.0 Å². The van der Waals surface area contributed by atoms with Gasteiger partial charge >= 0.3 is 5.97 Å². The number of esters is 1. The molecule has 11 unspecified atom stereocenters. The van der Waals surface area contributed by atoms with E-state index in [1.807, 2.05) is 0 Å². The molecule has 0 heterocycles. The molecule has 254 valence electrons. The Hall–Kier alpha value is -2.31. The Labute approximate surface area is 276 Å². The summed E-state index contributed by atoms with van der Waals surface area (Å²) in [7, 11) is 1.51. The summed E-state index contributed by atoms with van der Waals surface area (Å²) < 4.78 is 11.4. The van der Waals surface area contributed by atoms with Gasteiger partial charge in [0.05, 0.1) is 19.8 Å². The predicted molar refractivity (Wildman–Crippen MR) is 181 cm³/mol. The van der Waals surface area contributed by atoms with E-state index in [0.717, 1.165) is 50.5 Å². The van der Waals surface area contributed by atoms with Crippen molar-refractivity contribution in [1.82, 2.24) is 0 Å². The van der Waals surface area contributed by atoms with Crippen LogP contribution in [0.2, 0.25) is 0 Å². The van der Waals surface area contributed by atoms with Crippen molar-refractivity contribution in [3.8, 4) is 11.5 Å². The van der Waals surface area contributed by atoms with E-state index >= 15 is 0 Å². The second-order valence-corrected chi connectivity index (χ2v) is 17.3. The Kier molecular flexibility index (Phi) is 8.32. The number of phenols is 1. The lowest BCUT2D eigenvalue weighted by molar-refractivity contribution is -0.274. The molecule has 6 heteroatoms. The van der Waals surface area contributed by atoms with Gasteiger partial charge in [-0.05, 0) is 128 Å². The maximum atomic E-state index is 13.1. The van der Waals surface area contributed by atoms with Crippen molar-refractivity contribution in [2.24, 2.45) is 56.7 Å². The van der Waals surface area contributed by atoms with Crippen LogP contribution in [0.25, 0.3) is 6.08 Å². The molecule has 0 aromatic heterocycles. The van der Waals surface area contributed by atoms with Gasteiger partial charge in [0.15, 0.2) is 11.5 Å². The molecule has 11 atom stereocenters. The van der Waals surface area contributed by atoms with Crippen LogP contribution in [-0.2, 0) is 9.53 Å². The third-order valence-electron chi connectivity index (χ3n) is 15.5. The normalized spacial score (nSPS) is 44.7. The molecule has 0 radical (unpaired) electrons. The zero-order chi connectivity index (χ0) is 33.4. The van der Waals surface area contributed by atoms with Crippen molar-refractivity contribution in [2.45, 2.75) is 112 Å². The van der Waals surface area contributed by atoms with E-state index in [0.29, 0.717) is 35.3 Å². The first-order valence-corrected chi connectivity index (χ1v) is 17.8. The zero-order valence-corrected chi connectivity index (χ0v) is 29.4. The summed E-state index contributed by atoms with van der Waals surface area (Å²) in [5.41, 5.74) is 1.78. The molecule has 0 saturated heterocycles. The summed E-state index contributed by atoms with van der Waals surface area (Å²) in [4.78, 5) is 13.1. The molecular formula is C40H58O6. The van der Waals surface area contributed by atoms with Gasteiger partial charge in [-0.25, -0.2) is 4.79 Å². The molecular weight excluding hydrogens is 576 g/mol. The minimum absolute atomic E-state index is 0.00626. The van der Waals surface area contributed by atoms with Crippen molar-refractivity contribution in [3.05, 3.63) is 41.5 Å². The second-order valence-electron chi connectivity index (χ2n) is 17.3. The number of aliphatic hydroxyl groups excluding tert-OH is 2. The second kappa shape index (κ2) is 11.4. The van der Waals surface area contributed by atoms with Crippen LogP contribution >= 0.6 is 0 Å². The summed E-state index contributed by atoms with van der Waals surface area (Å²) in [6.07, 6.45) is 12.8. The fraction of sp³-hybridized carbons (Fsp3) is 0.725. The third-order valence-corrected chi connectivity index (χ3v) is 15.5. The molecule has 4 fully saturated rings. The number of carbonyl (C=O) groups is 1. The molecule has 0 aliphatic heterocycles. The van der Waals surface area contributed by atoms with Crippen LogP contribution in [0.1, 0.15) is 105 Å². The number of benzene rings is 1. The molecule has 0 spiro atoms. The Bertz CT molecular complexity index is 1410. The van der Waals surface area contributed by atoms with E-state index in [4.69, 9.17) is 9.47 Å². The maximum Gasteiger partial charge on any atom is 0.331 e. The molecule has 46 heavy (non-hydrogen) atoms. The molecule has 5 aliphatic rings. The van der Waals surface area contributed by atoms with Crippen LogP contribution < -0.4 is 4.74 Å². The van der Waals surface area contributed by atoms with Crippen molar-refractivity contribution in [2.75, 3.05) is 13.7 Å². The van der Waals surface area contributed by atoms with Crippen molar-refractivity contribution in [3.63, 3.8) is 0 Å². The highest BCUT2D eigenvalue weighted by molar-refractivity contribution is 5.87. The van der Waals surface area contributed by atoms with Gasteiger partial charge in [-0.2, -0.15) is 0 Å². The number of phenolic OH excluding ortho intramolecular Hbond substituents is 1. The highest BCUT2D eigenvalue weighted by Gasteiger charge is 2.71. The smallest absolute Gasteiger partial charge is 0.331 e. The lowest BCUT2D eigenvalue weighted by atomic mass is 9.31. The van der Waals surface area contributed by atoms with Gasteiger partial charge in [0.25, 0.3) is 0 Å². The summed E-state index contributed by atoms with van der Waals surface area (Å²) in [5, 5.41) is 32.7. The number of fused-ring (bicyclic) bond motifs is 7. The van der Waals surface area contributed by atoms with Gasteiger partial charge < -0.3 is 24.8 Å². The number of aromatic hydroxyl groups is 1. The number of hydrogen-bond donors (Lipinski definition) is 3. The van der Waals surface area contributed by atoms with Gasteiger partial charge in [0, 0.05) is 16.9 Å². The number of hydrogen-bond acceptors (Lipinski definition) is 6. The van der Waals surface area contributed by atoms with Crippen LogP contribution in [0.3, 0.4) is 0 Å². The summed E-state index contributed by atoms with van der Waals surface area (Å²) in [5.74, 6) is 2.19. The average Bonchev–Trinajstić information content (AvgIpc) is 3.00. The Morgan fingerprint density at radius 3 is 2.46 bits per heavy atom. The number of methoxy groups -OCH3 is 1. The number of ether oxygens (including phenoxy) is 2. The standard InChI is InChI=1S/C40H58O6/c1-24-15-20-40(23-41)32(43)22-39(7)27(35(40)25(24)2)11-13-31-37(5)18-17-33(36(3,4)30(37)16-19-38(31,39)6)46-34(44)14-10-26-9-12-28(42)29(21-26)45-8/h9-10,12,14-15,21,25,27,30-33,35,41-43H,11,13,16-20,22-23H2,1-8H3. The monoisotopic (exact) mass is 634 g/mol. The fourth-order valence-corrected chi connectivity index (χ4v) is 12.7. The number of allylic oxidation sites excluding steroid dienone is 2. The highest BCUT2D eigenvalue weighted by Crippen LogP contribution is 2.76. The SMILES string of the molecule is COc1cc(C=CC(=O)OC2CCC3(C)C(CCC4(C)C3CCC3C5C(C)C(C)=CCC5(CO)C(O)CC34C)C2(C)C)ccc1O. The summed E-state index contributed by atoms with van der Waals surface area (Å²) in [6.45, 7) is 16.9. The lowest BCUT2D eigenvalue weighted by Gasteiger charge is -2.74. The van der Waals surface area contributed by atoms with Crippen LogP contribution in [-0.4, -0.2) is 47.2 Å². The highest BCUT2D eigenvalue weighted by atomic mass is 16.5. The zero-order valence-electron chi connectivity index (χ0n) is 29.4. The minimum atomic E-state index is -0.501. The minimum Gasteiger partial charge on any atom is -0.504 e. The first kappa shape index (κ1) is 33.6. The molecule has 6 rings (SSSR count). The van der Waals surface area contributed by atoms with E-state index in [1.165, 1.54) is 25.2 Å². The summed E-state index contributed by atoms with van der Waals surface area (Å²) >= 11 is 0.